The van der Waals surface area contributed by atoms with Crippen LogP contribution in [0, 0.1) is 0 Å². The van der Waals surface area contributed by atoms with Gasteiger partial charge in [-0.2, -0.15) is 0 Å². The second-order valence-corrected chi connectivity index (χ2v) is 6.89. The molecular weight excluding hydrogens is 308 g/mol. The molecule has 23 heavy (non-hydrogen) atoms. The zero-order valence-electron chi connectivity index (χ0n) is 13.4. The Kier molecular flexibility index (Phi) is 5.82. The molecule has 2 amide bonds. The van der Waals surface area contributed by atoms with Gasteiger partial charge in [0.15, 0.2) is 0 Å². The van der Waals surface area contributed by atoms with E-state index in [0.29, 0.717) is 22.1 Å². The normalized spacial score (nSPS) is 10.4. The van der Waals surface area contributed by atoms with Crippen molar-refractivity contribution >= 4 is 29.3 Å². The van der Waals surface area contributed by atoms with Crippen LogP contribution in [0.1, 0.15) is 34.6 Å². The molecule has 0 unspecified atom stereocenters. The van der Waals surface area contributed by atoms with Crippen LogP contribution in [-0.4, -0.2) is 24.1 Å². The van der Waals surface area contributed by atoms with E-state index in [1.165, 1.54) is 0 Å². The average Bonchev–Trinajstić information content (AvgIpc) is 2.54. The minimum Gasteiger partial charge on any atom is -0.355 e. The lowest BCUT2D eigenvalue weighted by atomic mass is 10.1. The summed E-state index contributed by atoms with van der Waals surface area (Å²) in [7, 11) is 1.58. The highest BCUT2D eigenvalue weighted by Crippen LogP contribution is 2.27. The third-order valence-corrected chi connectivity index (χ3v) is 4.21. The van der Waals surface area contributed by atoms with Crippen LogP contribution in [0.15, 0.2) is 53.4 Å². The fourth-order valence-electron chi connectivity index (χ4n) is 2.06. The Morgan fingerprint density at radius 1 is 0.957 bits per heavy atom. The summed E-state index contributed by atoms with van der Waals surface area (Å²) in [4.78, 5) is 25.0. The smallest absolute Gasteiger partial charge is 0.256 e. The molecule has 0 saturated heterocycles. The molecular formula is C18H20N2O2S. The van der Waals surface area contributed by atoms with Crippen LogP contribution in [0.25, 0.3) is 0 Å². The minimum absolute atomic E-state index is 0.151. The molecule has 0 atom stereocenters. The average molecular weight is 328 g/mol. The second-order valence-electron chi connectivity index (χ2n) is 5.27. The van der Waals surface area contributed by atoms with Crippen LogP contribution in [0.4, 0.5) is 5.69 Å². The summed E-state index contributed by atoms with van der Waals surface area (Å²) in [6.45, 7) is 4.19. The number of amides is 2. The molecule has 0 spiro atoms. The Morgan fingerprint density at radius 2 is 1.61 bits per heavy atom. The largest absolute Gasteiger partial charge is 0.355 e. The number of nitrogens with one attached hydrogen (secondary N) is 2. The van der Waals surface area contributed by atoms with Crippen LogP contribution in [0.3, 0.4) is 0 Å². The summed E-state index contributed by atoms with van der Waals surface area (Å²) in [5.41, 5.74) is 1.87. The number of benzene rings is 2. The van der Waals surface area contributed by atoms with Crippen LogP contribution < -0.4 is 10.6 Å². The van der Waals surface area contributed by atoms with Crippen LogP contribution >= 0.6 is 11.8 Å². The zero-order valence-corrected chi connectivity index (χ0v) is 14.2. The molecule has 120 valence electrons. The standard InChI is InChI=1S/C18H20N2O2S/c1-12(2)23-16-7-5-4-6-15(16)18(22)20-14-10-8-13(9-11-14)17(21)19-3/h4-12H,1-3H3,(H,19,21)(H,20,22). The molecule has 0 saturated carbocycles. The Morgan fingerprint density at radius 3 is 2.22 bits per heavy atom. The van der Waals surface area contributed by atoms with Gasteiger partial charge >= 0.3 is 0 Å². The van der Waals surface area contributed by atoms with E-state index in [0.717, 1.165) is 4.90 Å². The number of rotatable bonds is 5. The summed E-state index contributed by atoms with van der Waals surface area (Å²) < 4.78 is 0. The van der Waals surface area contributed by atoms with Crippen molar-refractivity contribution in [2.75, 3.05) is 12.4 Å². The second kappa shape index (κ2) is 7.83. The molecule has 2 aromatic carbocycles. The predicted molar refractivity (Wildman–Crippen MR) is 95.2 cm³/mol. The topological polar surface area (TPSA) is 58.2 Å². The molecule has 0 aliphatic rings. The minimum atomic E-state index is -0.151. The van der Waals surface area contributed by atoms with Gasteiger partial charge < -0.3 is 10.6 Å². The Labute approximate surface area is 140 Å². The monoisotopic (exact) mass is 328 g/mol. The number of carbonyl (C=O) groups is 2. The Balaban J connectivity index is 2.15. The number of hydrogen-bond donors (Lipinski definition) is 2. The highest BCUT2D eigenvalue weighted by molar-refractivity contribution is 8.00. The van der Waals surface area contributed by atoms with Gasteiger partial charge in [0, 0.05) is 28.4 Å². The molecule has 2 N–H and O–H groups in total. The number of carbonyl (C=O) groups excluding carboxylic acids is 2. The van der Waals surface area contributed by atoms with Crippen molar-refractivity contribution < 1.29 is 9.59 Å². The third kappa shape index (κ3) is 4.60. The molecule has 0 fully saturated rings. The van der Waals surface area contributed by atoms with Crippen molar-refractivity contribution in [2.45, 2.75) is 24.0 Å². The van der Waals surface area contributed by atoms with Gasteiger partial charge in [0.05, 0.1) is 5.56 Å². The van der Waals surface area contributed by atoms with E-state index in [-0.39, 0.29) is 11.8 Å². The van der Waals surface area contributed by atoms with Gasteiger partial charge in [0.1, 0.15) is 0 Å². The molecule has 0 aliphatic carbocycles. The summed E-state index contributed by atoms with van der Waals surface area (Å²) in [6, 6.07) is 14.4. The molecule has 5 heteroatoms. The van der Waals surface area contributed by atoms with Gasteiger partial charge in [-0.05, 0) is 36.4 Å². The van der Waals surface area contributed by atoms with Crippen LogP contribution in [0.2, 0.25) is 0 Å². The first-order valence-corrected chi connectivity index (χ1v) is 8.28. The Bertz CT molecular complexity index is 696. The van der Waals surface area contributed by atoms with Crippen molar-refractivity contribution in [2.24, 2.45) is 0 Å². The van der Waals surface area contributed by atoms with Gasteiger partial charge in [-0.25, -0.2) is 0 Å². The number of anilines is 1. The number of hydrogen-bond acceptors (Lipinski definition) is 3. The van der Waals surface area contributed by atoms with E-state index >= 15 is 0 Å². The molecule has 0 aliphatic heterocycles. The van der Waals surface area contributed by atoms with Gasteiger partial charge in [-0.15, -0.1) is 11.8 Å². The van der Waals surface area contributed by atoms with E-state index in [1.54, 1.807) is 43.1 Å². The third-order valence-electron chi connectivity index (χ3n) is 3.13. The van der Waals surface area contributed by atoms with Gasteiger partial charge in [0.25, 0.3) is 11.8 Å². The van der Waals surface area contributed by atoms with Gasteiger partial charge in [-0.1, -0.05) is 26.0 Å². The fourth-order valence-corrected chi connectivity index (χ4v) is 3.01. The highest BCUT2D eigenvalue weighted by atomic mass is 32.2. The predicted octanol–water partition coefficient (Wildman–Crippen LogP) is 3.80. The van der Waals surface area contributed by atoms with E-state index in [4.69, 9.17) is 0 Å². The maximum atomic E-state index is 12.5. The van der Waals surface area contributed by atoms with Crippen molar-refractivity contribution in [1.29, 1.82) is 0 Å². The van der Waals surface area contributed by atoms with Crippen LogP contribution in [0.5, 0.6) is 0 Å². The van der Waals surface area contributed by atoms with E-state index in [9.17, 15) is 9.59 Å². The SMILES string of the molecule is CNC(=O)c1ccc(NC(=O)c2ccccc2SC(C)C)cc1. The molecule has 2 aromatic rings. The summed E-state index contributed by atoms with van der Waals surface area (Å²) in [6.07, 6.45) is 0. The van der Waals surface area contributed by atoms with Gasteiger partial charge in [0.2, 0.25) is 0 Å². The van der Waals surface area contributed by atoms with E-state index < -0.39 is 0 Å². The van der Waals surface area contributed by atoms with E-state index in [2.05, 4.69) is 24.5 Å². The molecule has 0 aromatic heterocycles. The molecule has 4 nitrogen and oxygen atoms in total. The van der Waals surface area contributed by atoms with Crippen molar-refractivity contribution in [3.8, 4) is 0 Å². The molecule has 0 bridgehead atoms. The zero-order chi connectivity index (χ0) is 16.8. The Hall–Kier alpha value is -2.27. The van der Waals surface area contributed by atoms with E-state index in [1.807, 2.05) is 24.3 Å². The lowest BCUT2D eigenvalue weighted by Gasteiger charge is -2.11. The lowest BCUT2D eigenvalue weighted by Crippen LogP contribution is -2.18. The maximum Gasteiger partial charge on any atom is 0.256 e. The first kappa shape index (κ1) is 17.1. The van der Waals surface area contributed by atoms with Crippen molar-refractivity contribution in [3.05, 3.63) is 59.7 Å². The quantitative estimate of drug-likeness (QED) is 0.821. The van der Waals surface area contributed by atoms with Crippen molar-refractivity contribution in [3.63, 3.8) is 0 Å². The highest BCUT2D eigenvalue weighted by Gasteiger charge is 2.13. The molecule has 0 heterocycles. The molecule has 0 radical (unpaired) electrons. The number of thioether (sulfide) groups is 1. The van der Waals surface area contributed by atoms with Gasteiger partial charge in [-0.3, -0.25) is 9.59 Å². The first-order chi connectivity index (χ1) is 11.0. The lowest BCUT2D eigenvalue weighted by molar-refractivity contribution is 0.0962. The van der Waals surface area contributed by atoms with Crippen LogP contribution in [-0.2, 0) is 0 Å². The molecule has 2 rings (SSSR count). The van der Waals surface area contributed by atoms with Crippen molar-refractivity contribution in [1.82, 2.24) is 5.32 Å². The summed E-state index contributed by atoms with van der Waals surface area (Å²) in [5, 5.41) is 5.83. The summed E-state index contributed by atoms with van der Waals surface area (Å²) in [5.74, 6) is -0.303. The first-order valence-electron chi connectivity index (χ1n) is 7.40. The fraction of sp³-hybridized carbons (Fsp3) is 0.222. The maximum absolute atomic E-state index is 12.5. The summed E-state index contributed by atoms with van der Waals surface area (Å²) >= 11 is 1.66.